The Morgan fingerprint density at radius 2 is 1.94 bits per heavy atom. The number of ketones is 1. The molecule has 18 heavy (non-hydrogen) atoms. The summed E-state index contributed by atoms with van der Waals surface area (Å²) in [5, 5.41) is 0.882. The summed E-state index contributed by atoms with van der Waals surface area (Å²) in [6, 6.07) is 1.81. The highest BCUT2D eigenvalue weighted by Gasteiger charge is 2.16. The van der Waals surface area contributed by atoms with Gasteiger partial charge in [-0.3, -0.25) is 4.79 Å². The fraction of sp³-hybridized carbons (Fsp3) is 0.462. The van der Waals surface area contributed by atoms with Gasteiger partial charge in [0.2, 0.25) is 0 Å². The van der Waals surface area contributed by atoms with Crippen LogP contribution in [-0.2, 0) is 0 Å². The topological polar surface area (TPSA) is 26.3 Å². The monoisotopic (exact) mass is 320 g/mol. The van der Waals surface area contributed by atoms with Crippen molar-refractivity contribution in [3.05, 3.63) is 29.3 Å². The highest BCUT2D eigenvalue weighted by atomic mass is 79.9. The molecule has 0 bridgehead atoms. The van der Waals surface area contributed by atoms with E-state index in [0.29, 0.717) is 6.42 Å². The molecule has 0 saturated heterocycles. The molecule has 0 fully saturated rings. The molecule has 0 unspecified atom stereocenters. The van der Waals surface area contributed by atoms with Crippen molar-refractivity contribution in [3.8, 4) is 5.75 Å². The van der Waals surface area contributed by atoms with E-state index in [9.17, 15) is 13.6 Å². The number of rotatable bonds is 7. The van der Waals surface area contributed by atoms with E-state index in [4.69, 9.17) is 0 Å². The highest BCUT2D eigenvalue weighted by molar-refractivity contribution is 9.09. The van der Waals surface area contributed by atoms with Gasteiger partial charge in [-0.05, 0) is 18.9 Å². The van der Waals surface area contributed by atoms with Crippen LogP contribution in [0.15, 0.2) is 12.1 Å². The largest absolute Gasteiger partial charge is 0.494 e. The van der Waals surface area contributed by atoms with Gasteiger partial charge in [-0.2, -0.15) is 0 Å². The summed E-state index contributed by atoms with van der Waals surface area (Å²) in [6.45, 7) is 0. The number of hydrogen-bond acceptors (Lipinski definition) is 2. The van der Waals surface area contributed by atoms with Crippen molar-refractivity contribution < 1.29 is 18.3 Å². The Bertz CT molecular complexity index is 422. The van der Waals surface area contributed by atoms with Crippen LogP contribution in [0, 0.1) is 11.6 Å². The third-order valence-corrected chi connectivity index (χ3v) is 3.14. The van der Waals surface area contributed by atoms with E-state index in [2.05, 4.69) is 20.7 Å². The minimum Gasteiger partial charge on any atom is -0.494 e. The van der Waals surface area contributed by atoms with Gasteiger partial charge in [0.05, 0.1) is 12.7 Å². The summed E-state index contributed by atoms with van der Waals surface area (Å²) < 4.78 is 31.6. The number of Topliss-reactive ketones (excluding diaryl/α,β-unsaturated/α-hetero) is 1. The number of ether oxygens (including phenoxy) is 1. The van der Waals surface area contributed by atoms with E-state index in [-0.39, 0.29) is 23.5 Å². The van der Waals surface area contributed by atoms with Crippen molar-refractivity contribution in [2.45, 2.75) is 25.7 Å². The first-order valence-electron chi connectivity index (χ1n) is 5.72. The van der Waals surface area contributed by atoms with Crippen molar-refractivity contribution >= 4 is 21.7 Å². The van der Waals surface area contributed by atoms with Crippen molar-refractivity contribution in [2.75, 3.05) is 12.4 Å². The molecule has 0 radical (unpaired) electrons. The molecule has 0 heterocycles. The molecule has 0 aromatic heterocycles. The van der Waals surface area contributed by atoms with E-state index in [1.807, 2.05) is 0 Å². The van der Waals surface area contributed by atoms with Crippen LogP contribution in [-0.4, -0.2) is 18.2 Å². The number of halogens is 3. The first-order chi connectivity index (χ1) is 8.60. The number of alkyl halides is 1. The summed E-state index contributed by atoms with van der Waals surface area (Å²) >= 11 is 3.29. The highest BCUT2D eigenvalue weighted by Crippen LogP contribution is 2.22. The summed E-state index contributed by atoms with van der Waals surface area (Å²) in [7, 11) is 1.25. The zero-order valence-corrected chi connectivity index (χ0v) is 11.7. The van der Waals surface area contributed by atoms with Gasteiger partial charge in [0.25, 0.3) is 0 Å². The minimum absolute atomic E-state index is 0.191. The number of methoxy groups -OCH3 is 1. The molecular weight excluding hydrogens is 306 g/mol. The molecular formula is C13H15BrF2O2. The summed E-state index contributed by atoms with van der Waals surface area (Å²) in [5.41, 5.74) is -0.202. The molecule has 0 aliphatic rings. The Balaban J connectivity index is 2.71. The smallest absolute Gasteiger partial charge is 0.165 e. The SMILES string of the molecule is COc1cc(F)c(C(=O)CCCCCBr)cc1F. The Labute approximate surface area is 113 Å². The summed E-state index contributed by atoms with van der Waals surface area (Å²) in [6.07, 6.45) is 2.76. The number of carbonyl (C=O) groups excluding carboxylic acids is 1. The third-order valence-electron chi connectivity index (χ3n) is 2.58. The number of benzene rings is 1. The molecule has 0 amide bonds. The average Bonchev–Trinajstić information content (AvgIpc) is 2.36. The van der Waals surface area contributed by atoms with Gasteiger partial charge in [0.1, 0.15) is 5.82 Å². The van der Waals surface area contributed by atoms with Crippen LogP contribution in [0.2, 0.25) is 0 Å². The normalized spacial score (nSPS) is 10.4. The Morgan fingerprint density at radius 1 is 1.22 bits per heavy atom. The predicted molar refractivity (Wildman–Crippen MR) is 69.5 cm³/mol. The lowest BCUT2D eigenvalue weighted by Gasteiger charge is -2.06. The van der Waals surface area contributed by atoms with Crippen molar-refractivity contribution in [2.24, 2.45) is 0 Å². The summed E-state index contributed by atoms with van der Waals surface area (Å²) in [5.74, 6) is -2.02. The van der Waals surface area contributed by atoms with Crippen LogP contribution in [0.25, 0.3) is 0 Å². The molecule has 1 rings (SSSR count). The van der Waals surface area contributed by atoms with Gasteiger partial charge in [-0.1, -0.05) is 22.4 Å². The second kappa shape index (κ2) is 7.46. The molecule has 0 spiro atoms. The number of carbonyl (C=O) groups is 1. The Hall–Kier alpha value is -0.970. The van der Waals surface area contributed by atoms with E-state index in [1.165, 1.54) is 7.11 Å². The first kappa shape index (κ1) is 15.1. The van der Waals surface area contributed by atoms with Crippen LogP contribution in [0.1, 0.15) is 36.0 Å². The van der Waals surface area contributed by atoms with Gasteiger partial charge < -0.3 is 4.74 Å². The fourth-order valence-electron chi connectivity index (χ4n) is 1.59. The lowest BCUT2D eigenvalue weighted by molar-refractivity contribution is 0.0975. The third kappa shape index (κ3) is 4.05. The Kier molecular flexibility index (Phi) is 6.25. The van der Waals surface area contributed by atoms with E-state index >= 15 is 0 Å². The molecule has 0 aliphatic heterocycles. The van der Waals surface area contributed by atoms with Crippen LogP contribution < -0.4 is 4.74 Å². The van der Waals surface area contributed by atoms with Gasteiger partial charge >= 0.3 is 0 Å². The number of hydrogen-bond donors (Lipinski definition) is 0. The molecule has 0 saturated carbocycles. The van der Waals surface area contributed by atoms with Gasteiger partial charge in [0, 0.05) is 17.8 Å². The standard InChI is InChI=1S/C13H15BrF2O2/c1-18-13-8-10(15)9(7-11(13)16)12(17)5-3-2-4-6-14/h7-8H,2-6H2,1H3. The second-order valence-corrected chi connectivity index (χ2v) is 4.68. The van der Waals surface area contributed by atoms with Gasteiger partial charge in [-0.15, -0.1) is 0 Å². The van der Waals surface area contributed by atoms with Gasteiger partial charge in [0.15, 0.2) is 17.3 Å². The molecule has 1 aromatic rings. The predicted octanol–water partition coefficient (Wildman–Crippen LogP) is 4.11. The van der Waals surface area contributed by atoms with E-state index in [0.717, 1.165) is 30.3 Å². The molecule has 100 valence electrons. The van der Waals surface area contributed by atoms with Crippen LogP contribution in [0.3, 0.4) is 0 Å². The maximum absolute atomic E-state index is 13.6. The van der Waals surface area contributed by atoms with Crippen molar-refractivity contribution in [1.29, 1.82) is 0 Å². The maximum Gasteiger partial charge on any atom is 0.165 e. The van der Waals surface area contributed by atoms with Crippen LogP contribution in [0.4, 0.5) is 8.78 Å². The van der Waals surface area contributed by atoms with Crippen molar-refractivity contribution in [3.63, 3.8) is 0 Å². The fourth-order valence-corrected chi connectivity index (χ4v) is 1.99. The zero-order valence-electron chi connectivity index (χ0n) is 10.1. The number of unbranched alkanes of at least 4 members (excludes halogenated alkanes) is 2. The second-order valence-electron chi connectivity index (χ2n) is 3.89. The summed E-state index contributed by atoms with van der Waals surface area (Å²) in [4.78, 5) is 11.7. The minimum atomic E-state index is -0.737. The molecule has 1 aromatic carbocycles. The molecule has 0 atom stereocenters. The quantitative estimate of drug-likeness (QED) is 0.429. The molecule has 0 N–H and O–H groups in total. The van der Waals surface area contributed by atoms with Crippen LogP contribution in [0.5, 0.6) is 5.75 Å². The average molecular weight is 321 g/mol. The maximum atomic E-state index is 13.6. The molecule has 2 nitrogen and oxygen atoms in total. The van der Waals surface area contributed by atoms with E-state index < -0.39 is 11.6 Å². The lowest BCUT2D eigenvalue weighted by Crippen LogP contribution is -2.04. The molecule has 5 heteroatoms. The zero-order chi connectivity index (χ0) is 13.5. The van der Waals surface area contributed by atoms with Crippen LogP contribution >= 0.6 is 15.9 Å². The first-order valence-corrected chi connectivity index (χ1v) is 6.84. The molecule has 0 aliphatic carbocycles. The van der Waals surface area contributed by atoms with Gasteiger partial charge in [-0.25, -0.2) is 8.78 Å². The Morgan fingerprint density at radius 3 is 2.56 bits per heavy atom. The van der Waals surface area contributed by atoms with E-state index in [1.54, 1.807) is 0 Å². The lowest BCUT2D eigenvalue weighted by atomic mass is 10.0. The van der Waals surface area contributed by atoms with Crippen molar-refractivity contribution in [1.82, 2.24) is 0 Å².